The molecule has 6 nitrogen and oxygen atoms in total. The topological polar surface area (TPSA) is 87.2 Å². The first kappa shape index (κ1) is 40.0. The van der Waals surface area contributed by atoms with E-state index in [9.17, 15) is 5.26 Å². The lowest BCUT2D eigenvalue weighted by Crippen LogP contribution is -2.06. The molecule has 6 heteroatoms. The molecular formula is C57H42N6. The number of amidine groups is 1. The Morgan fingerprint density at radius 3 is 1.63 bits per heavy atom. The van der Waals surface area contributed by atoms with Gasteiger partial charge in [-0.05, 0) is 70.8 Å². The van der Waals surface area contributed by atoms with E-state index in [4.69, 9.17) is 24.9 Å². The molecular weight excluding hydrogens is 769 g/mol. The van der Waals surface area contributed by atoms with Crippen LogP contribution < -0.4 is 0 Å². The molecule has 0 saturated heterocycles. The lowest BCUT2D eigenvalue weighted by molar-refractivity contribution is 1.03. The normalized spacial score (nSPS) is 12.7. The molecule has 0 amide bonds. The van der Waals surface area contributed by atoms with Crippen molar-refractivity contribution in [2.45, 2.75) is 19.8 Å². The second-order valence-electron chi connectivity index (χ2n) is 15.1. The van der Waals surface area contributed by atoms with Crippen molar-refractivity contribution in [2.24, 2.45) is 9.98 Å². The van der Waals surface area contributed by atoms with Crippen molar-refractivity contribution in [3.63, 3.8) is 0 Å². The zero-order valence-corrected chi connectivity index (χ0v) is 34.9. The summed E-state index contributed by atoms with van der Waals surface area (Å²) in [4.78, 5) is 25.4. The monoisotopic (exact) mass is 810 g/mol. The van der Waals surface area contributed by atoms with Crippen molar-refractivity contribution in [2.75, 3.05) is 0 Å². The molecule has 0 aliphatic heterocycles. The Bertz CT molecular complexity index is 3080. The molecule has 0 saturated carbocycles. The summed E-state index contributed by atoms with van der Waals surface area (Å²) in [7, 11) is 0. The van der Waals surface area contributed by atoms with Gasteiger partial charge in [0, 0.05) is 33.5 Å². The van der Waals surface area contributed by atoms with Crippen LogP contribution >= 0.6 is 0 Å². The second-order valence-corrected chi connectivity index (χ2v) is 15.1. The summed E-state index contributed by atoms with van der Waals surface area (Å²) in [6.45, 7) is 6.56. The highest BCUT2D eigenvalue weighted by molar-refractivity contribution is 6.14. The van der Waals surface area contributed by atoms with Crippen molar-refractivity contribution >= 4 is 17.2 Å². The van der Waals surface area contributed by atoms with Gasteiger partial charge in [0.15, 0.2) is 23.3 Å². The third kappa shape index (κ3) is 8.77. The molecule has 0 radical (unpaired) electrons. The van der Waals surface area contributed by atoms with E-state index >= 15 is 0 Å². The summed E-state index contributed by atoms with van der Waals surface area (Å²) in [5.74, 6) is 2.35. The van der Waals surface area contributed by atoms with Gasteiger partial charge in [0.25, 0.3) is 0 Å². The lowest BCUT2D eigenvalue weighted by Gasteiger charge is -2.19. The molecule has 9 rings (SSSR count). The molecule has 1 aromatic heterocycles. The lowest BCUT2D eigenvalue weighted by atomic mass is 9.85. The highest BCUT2D eigenvalue weighted by Gasteiger charge is 2.21. The van der Waals surface area contributed by atoms with E-state index in [0.717, 1.165) is 85.3 Å². The van der Waals surface area contributed by atoms with Gasteiger partial charge in [-0.3, -0.25) is 0 Å². The van der Waals surface area contributed by atoms with E-state index in [1.165, 1.54) is 0 Å². The van der Waals surface area contributed by atoms with E-state index in [1.807, 2.05) is 140 Å². The van der Waals surface area contributed by atoms with Gasteiger partial charge in [0.1, 0.15) is 0 Å². The number of hydrogen-bond donors (Lipinski definition) is 0. The minimum absolute atomic E-state index is 0.549. The predicted molar refractivity (Wildman–Crippen MR) is 259 cm³/mol. The summed E-state index contributed by atoms with van der Waals surface area (Å²) in [5, 5.41) is 10.3. The zero-order valence-electron chi connectivity index (χ0n) is 34.9. The van der Waals surface area contributed by atoms with Crippen LogP contribution in [0.4, 0.5) is 0 Å². The molecule has 0 unspecified atom stereocenters. The van der Waals surface area contributed by atoms with Crippen molar-refractivity contribution in [1.29, 1.82) is 5.26 Å². The molecule has 0 N–H and O–H groups in total. The van der Waals surface area contributed by atoms with Gasteiger partial charge in [-0.1, -0.05) is 195 Å². The smallest absolute Gasteiger partial charge is 0.164 e. The molecule has 1 aliphatic rings. The Hall–Kier alpha value is -8.40. The number of nitriles is 1. The van der Waals surface area contributed by atoms with Crippen LogP contribution in [-0.2, 0) is 0 Å². The summed E-state index contributed by atoms with van der Waals surface area (Å²) in [6, 6.07) is 63.1. The summed E-state index contributed by atoms with van der Waals surface area (Å²) >= 11 is 0. The van der Waals surface area contributed by atoms with Crippen LogP contribution in [0, 0.1) is 11.3 Å². The summed E-state index contributed by atoms with van der Waals surface area (Å²) < 4.78 is 0. The van der Waals surface area contributed by atoms with Crippen molar-refractivity contribution in [3.05, 3.63) is 229 Å². The number of rotatable bonds is 10. The van der Waals surface area contributed by atoms with Gasteiger partial charge in [0.2, 0.25) is 0 Å². The first-order chi connectivity index (χ1) is 31.0. The fourth-order valence-electron chi connectivity index (χ4n) is 7.86. The predicted octanol–water partition coefficient (Wildman–Crippen LogP) is 13.9. The Morgan fingerprint density at radius 1 is 0.524 bits per heavy atom. The first-order valence-corrected chi connectivity index (χ1v) is 21.0. The van der Waals surface area contributed by atoms with Crippen LogP contribution in [0.3, 0.4) is 0 Å². The van der Waals surface area contributed by atoms with E-state index in [2.05, 4.69) is 79.4 Å². The van der Waals surface area contributed by atoms with Gasteiger partial charge < -0.3 is 0 Å². The van der Waals surface area contributed by atoms with Gasteiger partial charge in [-0.2, -0.15) is 5.26 Å². The number of allylic oxidation sites excluding steroid dienone is 2. The van der Waals surface area contributed by atoms with Crippen LogP contribution in [0.1, 0.15) is 36.5 Å². The van der Waals surface area contributed by atoms with E-state index < -0.39 is 0 Å². The number of nitrogens with zero attached hydrogens (tertiary/aromatic N) is 6. The van der Waals surface area contributed by atoms with Gasteiger partial charge in [-0.25, -0.2) is 24.9 Å². The van der Waals surface area contributed by atoms with Crippen LogP contribution in [0.25, 0.3) is 73.2 Å². The average molecular weight is 811 g/mol. The third-order valence-electron chi connectivity index (χ3n) is 11.0. The maximum atomic E-state index is 10.3. The highest BCUT2D eigenvalue weighted by atomic mass is 15.0. The molecule has 0 bridgehead atoms. The minimum Gasteiger partial charge on any atom is -0.233 e. The van der Waals surface area contributed by atoms with Crippen LogP contribution in [0.5, 0.6) is 0 Å². The second kappa shape index (κ2) is 18.5. The molecule has 0 atom stereocenters. The fourth-order valence-corrected chi connectivity index (χ4v) is 7.86. The molecule has 0 spiro atoms. The molecule has 0 fully saturated rings. The van der Waals surface area contributed by atoms with Crippen LogP contribution in [0.2, 0.25) is 0 Å². The quantitative estimate of drug-likeness (QED) is 0.102. The summed E-state index contributed by atoms with van der Waals surface area (Å²) in [6.07, 6.45) is 8.35. The number of benzene rings is 7. The first-order valence-electron chi connectivity index (χ1n) is 21.0. The standard InChI is InChI=1S/C57H42N6/c1-39(42-21-7-3-8-22-42)59-54(43-23-9-4-10-24-43)60-40(2)46-29-15-16-30-47(46)51-36-35-41(38-58)37-53(51)50-33-18-17-31-48(50)49-32-19-20-34-52(49)57-62-55(44-25-11-5-12-26-44)61-56(63-57)45-27-13-6-14-28-45/h3,5-9,11-37H,2,4,10H2,1H3/b59-39+,60-54-. The maximum Gasteiger partial charge on any atom is 0.164 e. The van der Waals surface area contributed by atoms with Gasteiger partial charge in [-0.15, -0.1) is 0 Å². The zero-order chi connectivity index (χ0) is 43.0. The molecule has 1 heterocycles. The molecule has 300 valence electrons. The Morgan fingerprint density at radius 2 is 1.03 bits per heavy atom. The van der Waals surface area contributed by atoms with Crippen LogP contribution in [0.15, 0.2) is 222 Å². The van der Waals surface area contributed by atoms with Gasteiger partial charge >= 0.3 is 0 Å². The number of aliphatic imine (C=N–C) groups is 2. The largest absolute Gasteiger partial charge is 0.233 e. The Balaban J connectivity index is 1.18. The van der Waals surface area contributed by atoms with Gasteiger partial charge in [0.05, 0.1) is 17.3 Å². The number of aromatic nitrogens is 3. The Kier molecular flexibility index (Phi) is 11.7. The molecule has 1 aliphatic carbocycles. The van der Waals surface area contributed by atoms with E-state index in [0.29, 0.717) is 34.6 Å². The van der Waals surface area contributed by atoms with Crippen molar-refractivity contribution in [1.82, 2.24) is 15.0 Å². The SMILES string of the molecule is C=C(/N=C(\N=C(/C)c1ccccc1)C1=CCCC=C1)c1ccccc1-c1ccc(C#N)cc1-c1ccccc1-c1ccccc1-c1nc(-c2ccccc2)nc(-c2ccccc2)n1. The van der Waals surface area contributed by atoms with Crippen molar-refractivity contribution in [3.8, 4) is 73.6 Å². The third-order valence-corrected chi connectivity index (χ3v) is 11.0. The van der Waals surface area contributed by atoms with Crippen LogP contribution in [-0.4, -0.2) is 26.5 Å². The Labute approximate surface area is 368 Å². The number of hydrogen-bond acceptors (Lipinski definition) is 5. The maximum absolute atomic E-state index is 10.3. The average Bonchev–Trinajstić information content (AvgIpc) is 3.36. The summed E-state index contributed by atoms with van der Waals surface area (Å²) in [5.41, 5.74) is 13.1. The minimum atomic E-state index is 0.549. The molecule has 8 aromatic rings. The molecule has 63 heavy (non-hydrogen) atoms. The highest BCUT2D eigenvalue weighted by Crippen LogP contribution is 2.43. The fraction of sp³-hybridized carbons (Fsp3) is 0.0526. The molecule has 7 aromatic carbocycles. The van der Waals surface area contributed by atoms with Crippen molar-refractivity contribution < 1.29 is 0 Å². The van der Waals surface area contributed by atoms with E-state index in [1.54, 1.807) is 0 Å². The van der Waals surface area contributed by atoms with E-state index in [-0.39, 0.29) is 0 Å².